The van der Waals surface area contributed by atoms with Crippen molar-refractivity contribution in [1.82, 2.24) is 5.32 Å². The predicted octanol–water partition coefficient (Wildman–Crippen LogP) is 2.57. The third-order valence-corrected chi connectivity index (χ3v) is 3.79. The lowest BCUT2D eigenvalue weighted by molar-refractivity contribution is -0.140. The highest BCUT2D eigenvalue weighted by Crippen LogP contribution is 2.22. The maximum absolute atomic E-state index is 11.9. The van der Waals surface area contributed by atoms with Crippen LogP contribution < -0.4 is 5.32 Å². The summed E-state index contributed by atoms with van der Waals surface area (Å²) in [4.78, 5) is 22.9. The van der Waals surface area contributed by atoms with Crippen LogP contribution in [0.1, 0.15) is 32.3 Å². The number of amides is 1. The number of carboxylic acid groups (broad SMARTS) is 1. The Hall–Kier alpha value is -2.08. The molecule has 0 aliphatic rings. The van der Waals surface area contributed by atoms with Crippen LogP contribution in [0.3, 0.4) is 0 Å². The normalized spacial score (nSPS) is 14.7. The number of nitrogens with one attached hydrogen (secondary N) is 1. The predicted molar refractivity (Wildman–Crippen MR) is 81.5 cm³/mol. The first-order valence-electron chi connectivity index (χ1n) is 7.15. The van der Waals surface area contributed by atoms with Gasteiger partial charge in [-0.1, -0.05) is 37.3 Å². The van der Waals surface area contributed by atoms with Crippen LogP contribution in [0.2, 0.25) is 0 Å². The SMILES string of the molecule is CCC(C)(OC)C(CC(=O)O)NC(=O)OCc1ccccc1. The molecule has 2 N–H and O–H groups in total. The number of carbonyl (C=O) groups excluding carboxylic acids is 1. The van der Waals surface area contributed by atoms with Crippen molar-refractivity contribution in [3.05, 3.63) is 35.9 Å². The highest BCUT2D eigenvalue weighted by atomic mass is 16.5. The zero-order valence-corrected chi connectivity index (χ0v) is 13.2. The molecule has 0 bridgehead atoms. The standard InChI is InChI=1S/C16H23NO5/c1-4-16(2,21-3)13(10-14(18)19)17-15(20)22-11-12-8-6-5-7-9-12/h5-9,13H,4,10-11H2,1-3H3,(H,17,20)(H,18,19). The van der Waals surface area contributed by atoms with Crippen LogP contribution in [0, 0.1) is 0 Å². The highest BCUT2D eigenvalue weighted by molar-refractivity contribution is 5.71. The molecule has 1 rings (SSSR count). The Kier molecular flexibility index (Phi) is 6.85. The van der Waals surface area contributed by atoms with E-state index < -0.39 is 23.7 Å². The fourth-order valence-electron chi connectivity index (χ4n) is 2.03. The van der Waals surface area contributed by atoms with Crippen LogP contribution in [0.25, 0.3) is 0 Å². The van der Waals surface area contributed by atoms with Crippen LogP contribution >= 0.6 is 0 Å². The number of methoxy groups -OCH3 is 1. The minimum atomic E-state index is -1.01. The summed E-state index contributed by atoms with van der Waals surface area (Å²) in [5.74, 6) is -1.01. The second kappa shape index (κ2) is 8.38. The van der Waals surface area contributed by atoms with E-state index in [1.807, 2.05) is 37.3 Å². The zero-order chi connectivity index (χ0) is 16.6. The lowest BCUT2D eigenvalue weighted by atomic mass is 9.91. The molecule has 0 spiro atoms. The quantitative estimate of drug-likeness (QED) is 0.771. The van der Waals surface area contributed by atoms with Crippen molar-refractivity contribution in [2.45, 2.75) is 44.9 Å². The van der Waals surface area contributed by atoms with E-state index in [-0.39, 0.29) is 13.0 Å². The third kappa shape index (κ3) is 5.37. The van der Waals surface area contributed by atoms with Gasteiger partial charge in [0, 0.05) is 7.11 Å². The largest absolute Gasteiger partial charge is 0.481 e. The van der Waals surface area contributed by atoms with Gasteiger partial charge in [-0.15, -0.1) is 0 Å². The molecule has 6 heteroatoms. The van der Waals surface area contributed by atoms with E-state index >= 15 is 0 Å². The number of alkyl carbamates (subject to hydrolysis) is 1. The number of aliphatic carboxylic acids is 1. The van der Waals surface area contributed by atoms with Crippen molar-refractivity contribution in [2.24, 2.45) is 0 Å². The number of hydrogen-bond donors (Lipinski definition) is 2. The fourth-order valence-corrected chi connectivity index (χ4v) is 2.03. The molecule has 0 aliphatic heterocycles. The lowest BCUT2D eigenvalue weighted by Gasteiger charge is -2.35. The first-order valence-corrected chi connectivity index (χ1v) is 7.15. The molecule has 0 saturated heterocycles. The molecule has 2 atom stereocenters. The topological polar surface area (TPSA) is 84.9 Å². The summed E-state index contributed by atoms with van der Waals surface area (Å²) < 4.78 is 10.5. The number of ether oxygens (including phenoxy) is 2. The third-order valence-electron chi connectivity index (χ3n) is 3.79. The summed E-state index contributed by atoms with van der Waals surface area (Å²) in [7, 11) is 1.50. The summed E-state index contributed by atoms with van der Waals surface area (Å²) in [5, 5.41) is 11.6. The molecule has 0 saturated carbocycles. The molecule has 22 heavy (non-hydrogen) atoms. The molecular weight excluding hydrogens is 286 g/mol. The van der Waals surface area contributed by atoms with Crippen LogP contribution in [0.15, 0.2) is 30.3 Å². The average Bonchev–Trinajstić information content (AvgIpc) is 2.52. The van der Waals surface area contributed by atoms with Gasteiger partial charge in [0.1, 0.15) is 6.61 Å². The first-order chi connectivity index (χ1) is 10.4. The molecule has 1 amide bonds. The number of benzene rings is 1. The summed E-state index contributed by atoms with van der Waals surface area (Å²) in [6.45, 7) is 3.76. The van der Waals surface area contributed by atoms with Crippen LogP contribution in [-0.2, 0) is 20.9 Å². The second-order valence-corrected chi connectivity index (χ2v) is 5.23. The summed E-state index contributed by atoms with van der Waals surface area (Å²) in [5.41, 5.74) is 0.0851. The first kappa shape index (κ1) is 18.0. The van der Waals surface area contributed by atoms with E-state index in [4.69, 9.17) is 14.6 Å². The van der Waals surface area contributed by atoms with E-state index in [2.05, 4.69) is 5.32 Å². The van der Waals surface area contributed by atoms with Crippen molar-refractivity contribution in [2.75, 3.05) is 7.11 Å². The minimum Gasteiger partial charge on any atom is -0.481 e. The highest BCUT2D eigenvalue weighted by Gasteiger charge is 2.35. The molecule has 122 valence electrons. The van der Waals surface area contributed by atoms with E-state index in [1.54, 1.807) is 6.92 Å². The smallest absolute Gasteiger partial charge is 0.407 e. The van der Waals surface area contributed by atoms with Gasteiger partial charge in [-0.2, -0.15) is 0 Å². The number of rotatable bonds is 8. The van der Waals surface area contributed by atoms with Gasteiger partial charge in [0.15, 0.2) is 0 Å². The number of carboxylic acids is 1. The number of carbonyl (C=O) groups is 2. The minimum absolute atomic E-state index is 0.127. The van der Waals surface area contributed by atoms with Gasteiger partial charge in [-0.3, -0.25) is 4.79 Å². The molecule has 0 aromatic heterocycles. The van der Waals surface area contributed by atoms with Crippen molar-refractivity contribution >= 4 is 12.1 Å². The van der Waals surface area contributed by atoms with E-state index in [9.17, 15) is 9.59 Å². The molecule has 1 aromatic carbocycles. The van der Waals surface area contributed by atoms with Crippen molar-refractivity contribution in [1.29, 1.82) is 0 Å². The van der Waals surface area contributed by atoms with Crippen LogP contribution in [0.4, 0.5) is 4.79 Å². The van der Waals surface area contributed by atoms with Crippen LogP contribution in [-0.4, -0.2) is 35.9 Å². The monoisotopic (exact) mass is 309 g/mol. The maximum atomic E-state index is 11.9. The van der Waals surface area contributed by atoms with Crippen molar-refractivity contribution in [3.8, 4) is 0 Å². The number of hydrogen-bond acceptors (Lipinski definition) is 4. The Balaban J connectivity index is 2.64. The van der Waals surface area contributed by atoms with Crippen molar-refractivity contribution in [3.63, 3.8) is 0 Å². The molecule has 0 fully saturated rings. The summed E-state index contributed by atoms with van der Waals surface area (Å²) in [6, 6.07) is 8.58. The lowest BCUT2D eigenvalue weighted by Crippen LogP contribution is -2.52. The maximum Gasteiger partial charge on any atom is 0.407 e. The Morgan fingerprint density at radius 3 is 2.45 bits per heavy atom. The van der Waals surface area contributed by atoms with Gasteiger partial charge in [0.2, 0.25) is 0 Å². The van der Waals surface area contributed by atoms with Crippen LogP contribution in [0.5, 0.6) is 0 Å². The molecule has 6 nitrogen and oxygen atoms in total. The Morgan fingerprint density at radius 2 is 1.95 bits per heavy atom. The van der Waals surface area contributed by atoms with Gasteiger partial charge in [0.05, 0.1) is 18.1 Å². The van der Waals surface area contributed by atoms with E-state index in [0.29, 0.717) is 6.42 Å². The summed E-state index contributed by atoms with van der Waals surface area (Å²) >= 11 is 0. The fraction of sp³-hybridized carbons (Fsp3) is 0.500. The van der Waals surface area contributed by atoms with Gasteiger partial charge in [-0.05, 0) is 18.9 Å². The Labute approximate surface area is 130 Å². The van der Waals surface area contributed by atoms with Gasteiger partial charge < -0.3 is 19.9 Å². The van der Waals surface area contributed by atoms with E-state index in [1.165, 1.54) is 7.11 Å². The molecule has 0 radical (unpaired) electrons. The second-order valence-electron chi connectivity index (χ2n) is 5.23. The zero-order valence-electron chi connectivity index (χ0n) is 13.2. The van der Waals surface area contributed by atoms with Crippen molar-refractivity contribution < 1.29 is 24.2 Å². The van der Waals surface area contributed by atoms with Gasteiger partial charge >= 0.3 is 12.1 Å². The molecule has 2 unspecified atom stereocenters. The average molecular weight is 309 g/mol. The molecule has 0 heterocycles. The molecule has 0 aliphatic carbocycles. The van der Waals surface area contributed by atoms with E-state index in [0.717, 1.165) is 5.56 Å². The summed E-state index contributed by atoms with van der Waals surface area (Å²) in [6.07, 6.45) is -0.342. The molecular formula is C16H23NO5. The van der Waals surface area contributed by atoms with Gasteiger partial charge in [0.25, 0.3) is 0 Å². The van der Waals surface area contributed by atoms with Gasteiger partial charge in [-0.25, -0.2) is 4.79 Å². The Bertz CT molecular complexity index is 485. The Morgan fingerprint density at radius 1 is 1.32 bits per heavy atom. The molecule has 1 aromatic rings.